The standard InChI is InChI=1S/C30H37F2N5O3/c31-30(32,13-2-1-7-23-10-9-20-6-4-14-33-28(20)35-23)22-11-15-36(18-22)27(29(38)39)25-8-3-5-21-17-34-37(26(21)25)24-12-16-40-19-24/h3,5,8-10,17,22,24,27H,1-2,4,6-7,11-16,18-19H2,(H,33,35)(H,38,39). The molecule has 0 radical (unpaired) electrons. The van der Waals surface area contributed by atoms with E-state index in [1.807, 2.05) is 22.9 Å². The molecule has 0 aliphatic carbocycles. The number of likely N-dealkylation sites (tertiary alicyclic amines) is 1. The largest absolute Gasteiger partial charge is 0.480 e. The average molecular weight is 554 g/mol. The lowest BCUT2D eigenvalue weighted by Gasteiger charge is -2.28. The number of hydrogen-bond donors (Lipinski definition) is 2. The third kappa shape index (κ3) is 5.43. The van der Waals surface area contributed by atoms with E-state index >= 15 is 8.78 Å². The van der Waals surface area contributed by atoms with Gasteiger partial charge in [-0.1, -0.05) is 24.3 Å². The van der Waals surface area contributed by atoms with E-state index < -0.39 is 23.9 Å². The number of fused-ring (bicyclic) bond motifs is 2. The quantitative estimate of drug-likeness (QED) is 0.332. The monoisotopic (exact) mass is 553 g/mol. The fourth-order valence-electron chi connectivity index (χ4n) is 6.57. The van der Waals surface area contributed by atoms with Gasteiger partial charge in [0.25, 0.3) is 5.92 Å². The Morgan fingerprint density at radius 2 is 2.12 bits per heavy atom. The number of aromatic nitrogens is 3. The fourth-order valence-corrected chi connectivity index (χ4v) is 6.57. The van der Waals surface area contributed by atoms with Crippen molar-refractivity contribution in [2.24, 2.45) is 5.92 Å². The zero-order valence-electron chi connectivity index (χ0n) is 22.7. The number of halogens is 2. The minimum atomic E-state index is -2.85. The second kappa shape index (κ2) is 11.4. The number of carbonyl (C=O) groups is 1. The Morgan fingerprint density at radius 1 is 1.23 bits per heavy atom. The molecule has 40 heavy (non-hydrogen) atoms. The number of pyridine rings is 1. The van der Waals surface area contributed by atoms with Crippen molar-refractivity contribution in [1.29, 1.82) is 0 Å². The van der Waals surface area contributed by atoms with Gasteiger partial charge in [-0.05, 0) is 63.1 Å². The Bertz CT molecular complexity index is 1360. The number of anilines is 1. The van der Waals surface area contributed by atoms with Crippen molar-refractivity contribution < 1.29 is 23.4 Å². The first kappa shape index (κ1) is 27.1. The van der Waals surface area contributed by atoms with E-state index in [0.717, 1.165) is 48.2 Å². The van der Waals surface area contributed by atoms with Crippen LogP contribution in [-0.2, 0) is 22.4 Å². The number of ether oxygens (including phenoxy) is 1. The average Bonchev–Trinajstić information content (AvgIpc) is 3.72. The number of nitrogens with one attached hydrogen (secondary N) is 1. The van der Waals surface area contributed by atoms with Crippen LogP contribution in [0.4, 0.5) is 14.6 Å². The van der Waals surface area contributed by atoms with Gasteiger partial charge in [0.1, 0.15) is 11.9 Å². The second-order valence-corrected chi connectivity index (χ2v) is 11.4. The number of hydrogen-bond acceptors (Lipinski definition) is 6. The minimum absolute atomic E-state index is 0.0384. The molecule has 0 bridgehead atoms. The molecular weight excluding hydrogens is 516 g/mol. The summed E-state index contributed by atoms with van der Waals surface area (Å²) in [7, 11) is 0. The lowest BCUT2D eigenvalue weighted by atomic mass is 9.95. The molecule has 0 spiro atoms. The van der Waals surface area contributed by atoms with E-state index in [4.69, 9.17) is 4.74 Å². The lowest BCUT2D eigenvalue weighted by Crippen LogP contribution is -2.36. The smallest absolute Gasteiger partial charge is 0.325 e. The molecule has 2 N–H and O–H groups in total. The molecule has 3 atom stereocenters. The summed E-state index contributed by atoms with van der Waals surface area (Å²) in [4.78, 5) is 19.0. The number of aliphatic carboxylic acids is 1. The highest BCUT2D eigenvalue weighted by Crippen LogP contribution is 2.41. The molecule has 3 unspecified atom stereocenters. The third-order valence-electron chi connectivity index (χ3n) is 8.76. The lowest BCUT2D eigenvalue weighted by molar-refractivity contribution is -0.143. The predicted octanol–water partition coefficient (Wildman–Crippen LogP) is 5.25. The molecule has 0 amide bonds. The van der Waals surface area contributed by atoms with E-state index in [0.29, 0.717) is 44.6 Å². The van der Waals surface area contributed by atoms with Gasteiger partial charge in [-0.25, -0.2) is 13.8 Å². The number of carboxylic acid groups (broad SMARTS) is 1. The van der Waals surface area contributed by atoms with Crippen LogP contribution in [0, 0.1) is 5.92 Å². The molecule has 3 aliphatic rings. The summed E-state index contributed by atoms with van der Waals surface area (Å²) in [5, 5.41) is 19.0. The Balaban J connectivity index is 1.10. The molecule has 2 saturated heterocycles. The Morgan fingerprint density at radius 3 is 2.95 bits per heavy atom. The van der Waals surface area contributed by atoms with Crippen LogP contribution in [0.2, 0.25) is 0 Å². The van der Waals surface area contributed by atoms with E-state index in [1.165, 1.54) is 5.56 Å². The summed E-state index contributed by atoms with van der Waals surface area (Å²) in [6.45, 7) is 2.46. The van der Waals surface area contributed by atoms with Crippen molar-refractivity contribution in [1.82, 2.24) is 19.7 Å². The van der Waals surface area contributed by atoms with Crippen LogP contribution in [0.1, 0.15) is 67.4 Å². The number of benzene rings is 1. The van der Waals surface area contributed by atoms with Crippen molar-refractivity contribution in [3.63, 3.8) is 0 Å². The Kier molecular flexibility index (Phi) is 7.72. The van der Waals surface area contributed by atoms with E-state index in [9.17, 15) is 9.90 Å². The number of rotatable bonds is 10. The van der Waals surface area contributed by atoms with Gasteiger partial charge in [-0.2, -0.15) is 5.10 Å². The van der Waals surface area contributed by atoms with Crippen molar-refractivity contribution in [2.75, 3.05) is 38.2 Å². The molecule has 2 aromatic heterocycles. The van der Waals surface area contributed by atoms with Gasteiger partial charge in [0.15, 0.2) is 0 Å². The first-order chi connectivity index (χ1) is 19.4. The van der Waals surface area contributed by atoms with Gasteiger partial charge in [0.2, 0.25) is 0 Å². The highest BCUT2D eigenvalue weighted by molar-refractivity contribution is 5.88. The van der Waals surface area contributed by atoms with Crippen LogP contribution in [-0.4, -0.2) is 69.5 Å². The third-order valence-corrected chi connectivity index (χ3v) is 8.76. The van der Waals surface area contributed by atoms with Gasteiger partial charge in [0, 0.05) is 48.7 Å². The maximum Gasteiger partial charge on any atom is 0.325 e. The number of nitrogens with zero attached hydrogens (tertiary/aromatic N) is 4. The number of alkyl halides is 2. The SMILES string of the molecule is O=C(O)C(c1cccc2cnn(C3CCOC3)c12)N1CCC(C(F)(F)CCCCc2ccc3c(n2)NCCC3)C1. The van der Waals surface area contributed by atoms with Crippen molar-refractivity contribution >= 4 is 22.7 Å². The Hall–Kier alpha value is -3.11. The van der Waals surface area contributed by atoms with Crippen LogP contribution in [0.15, 0.2) is 36.5 Å². The van der Waals surface area contributed by atoms with Gasteiger partial charge in [-0.15, -0.1) is 0 Å². The molecule has 10 heteroatoms. The first-order valence-corrected chi connectivity index (χ1v) is 14.5. The molecular formula is C30H37F2N5O3. The molecule has 8 nitrogen and oxygen atoms in total. The van der Waals surface area contributed by atoms with Gasteiger partial charge < -0.3 is 15.2 Å². The minimum Gasteiger partial charge on any atom is -0.480 e. The molecule has 3 aliphatic heterocycles. The van der Waals surface area contributed by atoms with Crippen molar-refractivity contribution in [3.8, 4) is 0 Å². The van der Waals surface area contributed by atoms with Crippen LogP contribution < -0.4 is 5.32 Å². The summed E-state index contributed by atoms with van der Waals surface area (Å²) >= 11 is 0. The zero-order valence-corrected chi connectivity index (χ0v) is 22.7. The molecule has 2 fully saturated rings. The van der Waals surface area contributed by atoms with Crippen LogP contribution in [0.25, 0.3) is 10.9 Å². The highest BCUT2D eigenvalue weighted by Gasteiger charge is 2.45. The highest BCUT2D eigenvalue weighted by atomic mass is 19.3. The topological polar surface area (TPSA) is 92.5 Å². The second-order valence-electron chi connectivity index (χ2n) is 11.4. The van der Waals surface area contributed by atoms with Crippen LogP contribution >= 0.6 is 0 Å². The van der Waals surface area contributed by atoms with E-state index in [1.54, 1.807) is 17.2 Å². The molecule has 1 aromatic carbocycles. The summed E-state index contributed by atoms with van der Waals surface area (Å²) < 4.78 is 38.1. The maximum atomic E-state index is 15.4. The molecule has 214 valence electrons. The molecule has 3 aromatic rings. The summed E-state index contributed by atoms with van der Waals surface area (Å²) in [5.74, 6) is -3.81. The van der Waals surface area contributed by atoms with Gasteiger partial charge in [0.05, 0.1) is 24.4 Å². The number of aryl methyl sites for hydroxylation is 2. The van der Waals surface area contributed by atoms with Crippen molar-refractivity contribution in [3.05, 3.63) is 53.3 Å². The number of carboxylic acids is 1. The maximum absolute atomic E-state index is 15.4. The van der Waals surface area contributed by atoms with Crippen LogP contribution in [0.5, 0.6) is 0 Å². The van der Waals surface area contributed by atoms with Crippen molar-refractivity contribution in [2.45, 2.75) is 69.4 Å². The predicted molar refractivity (Wildman–Crippen MR) is 148 cm³/mol. The summed E-state index contributed by atoms with van der Waals surface area (Å²) in [6, 6.07) is 8.66. The molecule has 6 rings (SSSR count). The summed E-state index contributed by atoms with van der Waals surface area (Å²) in [6.07, 6.45) is 6.48. The zero-order chi connectivity index (χ0) is 27.7. The van der Waals surface area contributed by atoms with E-state index in [-0.39, 0.29) is 25.4 Å². The van der Waals surface area contributed by atoms with Gasteiger partial charge in [-0.3, -0.25) is 14.4 Å². The summed E-state index contributed by atoms with van der Waals surface area (Å²) in [5.41, 5.74) is 3.52. The number of unbranched alkanes of at least 4 members (excludes halogenated alkanes) is 1. The number of para-hydroxylation sites is 1. The van der Waals surface area contributed by atoms with E-state index in [2.05, 4.69) is 21.5 Å². The molecule has 5 heterocycles. The van der Waals surface area contributed by atoms with Crippen LogP contribution in [0.3, 0.4) is 0 Å². The normalized spacial score (nSPS) is 22.4. The first-order valence-electron chi connectivity index (χ1n) is 14.5. The Labute approximate surface area is 232 Å². The fraction of sp³-hybridized carbons (Fsp3) is 0.567. The van der Waals surface area contributed by atoms with Gasteiger partial charge >= 0.3 is 5.97 Å². The molecule has 0 saturated carbocycles.